The van der Waals surface area contributed by atoms with Crippen molar-refractivity contribution in [3.05, 3.63) is 0 Å². The van der Waals surface area contributed by atoms with E-state index in [-0.39, 0.29) is 44.6 Å². The Bertz CT molecular complexity index is 1920. The lowest BCUT2D eigenvalue weighted by Gasteiger charge is -2.28. The van der Waals surface area contributed by atoms with Crippen LogP contribution in [0.2, 0.25) is 2.82 Å². The SMILES string of the molecule is C.C.C.C.C.C.CC.CCP1(C)=NP(C)(C)=NP(C)(C)=N1.CCP1(C)=NP(C)(C)=NP(C)(C)=N1.CP1(C)=NP(C)(C)=NP(C)(C)=N1.[3H]N.[3H]NP1(C)=NP(C)(CC)=NP(C)(C)=N1. The fourth-order valence-electron chi connectivity index (χ4n) is 6.43. The van der Waals surface area contributed by atoms with E-state index in [2.05, 4.69) is 164 Å². The van der Waals surface area contributed by atoms with Gasteiger partial charge < -0.3 is 6.14 Å². The molecule has 14 nitrogen and oxygen atoms in total. The summed E-state index contributed by atoms with van der Waals surface area (Å²) >= 11 is 0. The first kappa shape index (κ1) is 74.2. The maximum atomic E-state index is 7.33. The lowest BCUT2D eigenvalue weighted by molar-refractivity contribution is 1.43. The van der Waals surface area contributed by atoms with Gasteiger partial charge in [-0.25, -0.2) is 54.2 Å². The highest BCUT2D eigenvalue weighted by Gasteiger charge is 2.25. The van der Waals surface area contributed by atoms with Crippen LogP contribution in [0.1, 0.15) is 79.2 Å². The van der Waals surface area contributed by atoms with Crippen molar-refractivity contribution in [1.29, 1.82) is 0 Å². The van der Waals surface area contributed by atoms with Crippen LogP contribution >= 0.6 is 86.6 Å². The lowest BCUT2D eigenvalue weighted by Crippen LogP contribution is -1.94. The molecule has 0 aromatic rings. The van der Waals surface area contributed by atoms with Gasteiger partial charge in [0.05, 0.1) is 79.3 Å². The van der Waals surface area contributed by atoms with Crippen LogP contribution < -0.4 is 11.6 Å². The Kier molecular flexibility index (Phi) is 34.9. The van der Waals surface area contributed by atoms with Gasteiger partial charge in [-0.15, -0.1) is 0 Å². The van der Waals surface area contributed by atoms with Crippen molar-refractivity contribution < 1.29 is 2.82 Å². The highest BCUT2D eigenvalue weighted by atomic mass is 31.3. The molecule has 4 atom stereocenters. The van der Waals surface area contributed by atoms with E-state index in [1.807, 2.05) is 20.5 Å². The van der Waals surface area contributed by atoms with Crippen LogP contribution in [0, 0.1) is 0 Å². The third kappa shape index (κ3) is 30.9. The Labute approximate surface area is 384 Å². The first-order valence-corrected chi connectivity index (χ1v) is 47.9. The van der Waals surface area contributed by atoms with E-state index >= 15 is 0 Å². The summed E-state index contributed by atoms with van der Waals surface area (Å²) in [5.41, 5.74) is 2.55. The summed E-state index contributed by atoms with van der Waals surface area (Å²) in [5, 5.41) is 0. The molecule has 0 saturated heterocycles. The van der Waals surface area contributed by atoms with Crippen molar-refractivity contribution in [2.45, 2.75) is 79.2 Å². The Balaban J connectivity index is -0.0000000986. The summed E-state index contributed by atoms with van der Waals surface area (Å²) in [4.78, 5) is 0. The average Bonchev–Trinajstić information content (AvgIpc) is 2.93. The first-order valence-electron chi connectivity index (χ1n) is 19.1. The van der Waals surface area contributed by atoms with E-state index in [9.17, 15) is 0 Å². The Morgan fingerprint density at radius 3 is 0.667 bits per heavy atom. The number of hydrogen-bond donors (Lipinski definition) is 2. The van der Waals surface area contributed by atoms with Gasteiger partial charge in [-0.3, -0.25) is 5.50 Å². The van der Waals surface area contributed by atoms with E-state index in [4.69, 9.17) is 52.5 Å². The van der Waals surface area contributed by atoms with Gasteiger partial charge in [0.25, 0.3) is 0 Å². The minimum absolute atomic E-state index is 0. The zero-order chi connectivity index (χ0) is 45.3. The van der Waals surface area contributed by atoms with Gasteiger partial charge in [-0.05, 0) is 145 Å². The molecule has 0 amide bonds. The van der Waals surface area contributed by atoms with Gasteiger partial charge in [0.15, 0.2) is 0 Å². The fraction of sp³-hybridized carbons (Fsp3) is 1.00. The van der Waals surface area contributed by atoms with Gasteiger partial charge in [0.1, 0.15) is 10.2 Å². The minimum atomic E-state index is -1.93. The third-order valence-electron chi connectivity index (χ3n) is 6.80. The molecule has 0 spiro atoms. The summed E-state index contributed by atoms with van der Waals surface area (Å²) in [6.07, 6.45) is 6.95. The summed E-state index contributed by atoms with van der Waals surface area (Å²) in [6, 6.07) is 0. The second kappa shape index (κ2) is 28.2. The maximum Gasteiger partial charge on any atom is 0.137 e. The monoisotopic (exact) mass is 1090 g/mol. The van der Waals surface area contributed by atoms with Gasteiger partial charge >= 0.3 is 0 Å². The van der Waals surface area contributed by atoms with Gasteiger partial charge in [0.2, 0.25) is 0 Å². The van der Waals surface area contributed by atoms with Crippen LogP contribution in [0.25, 0.3) is 0 Å². The van der Waals surface area contributed by atoms with Crippen LogP contribution in [-0.4, -0.2) is 152 Å². The lowest BCUT2D eigenvalue weighted by atomic mass is 11.0. The van der Waals surface area contributed by atoms with E-state index in [1.54, 1.807) is 0 Å². The molecule has 0 aliphatic carbocycles. The molecule has 0 aromatic carbocycles. The van der Waals surface area contributed by atoms with Crippen LogP contribution in [-0.2, 0) is 0 Å². The summed E-state index contributed by atoms with van der Waals surface area (Å²) < 4.78 is 70.1. The Morgan fingerprint density at radius 2 is 0.483 bits per heavy atom. The second-order valence-corrected chi connectivity index (χ2v) is 57.1. The Morgan fingerprint density at radius 1 is 0.317 bits per heavy atom. The normalized spacial score (nSPS) is 31.0. The van der Waals surface area contributed by atoms with Gasteiger partial charge in [-0.1, -0.05) is 79.2 Å². The molecule has 5 N–H and O–H groups in total. The molecule has 26 heteroatoms. The zero-order valence-corrected chi connectivity index (χ0v) is 49.7. The van der Waals surface area contributed by atoms with Crippen molar-refractivity contribution in [3.8, 4) is 0 Å². The summed E-state index contributed by atoms with van der Waals surface area (Å²) in [7, 11) is -17.0. The molecule has 376 valence electrons. The first-order chi connectivity index (χ1) is 24.7. The third-order valence-corrected chi connectivity index (χ3v) is 50.5. The highest BCUT2D eigenvalue weighted by molar-refractivity contribution is 7.88. The van der Waals surface area contributed by atoms with Crippen molar-refractivity contribution >= 4 is 86.6 Å². The molecule has 0 saturated carbocycles. The van der Waals surface area contributed by atoms with Crippen molar-refractivity contribution in [3.63, 3.8) is 0 Å². The largest absolute Gasteiger partial charge is 0.344 e. The standard InChI is InChI=1S/2C7H20N3P3.C6H19N4P3.C6H18N3P3.C2H6.6CH4.H3N/c2*1-7-13(6)9-11(2,3)8-12(4,5)10-13;1-6-12(4)8-11(2,3)9-13(5,7)10-12;1-10(2)7-11(3,4)9-12(5,6)8-10;1-2;;;;;;;/h2*7H2,1-6H3;6-7H2,1-5H3;1-6H3;1-2H3;6*1H4;1H3/i/hT2. The number of nitrogens with zero attached hydrogens (tertiary/aromatic N) is 12. The second-order valence-electron chi connectivity index (χ2n) is 16.9. The fourth-order valence-corrected chi connectivity index (χ4v) is 61.7. The molecular formula is C34H110N14P12. The summed E-state index contributed by atoms with van der Waals surface area (Å²) in [6.45, 7) is 54.1. The minimum Gasteiger partial charge on any atom is -0.344 e. The summed E-state index contributed by atoms with van der Waals surface area (Å²) in [5.74, 6) is 0. The van der Waals surface area contributed by atoms with E-state index in [0.29, 0.717) is 0 Å². The molecule has 0 fully saturated rings. The van der Waals surface area contributed by atoms with Crippen molar-refractivity contribution in [2.24, 2.45) is 59.7 Å². The molecule has 4 unspecified atom stereocenters. The predicted molar refractivity (Wildman–Crippen MR) is 323 cm³/mol. The molecule has 60 heavy (non-hydrogen) atoms. The predicted octanol–water partition coefficient (Wildman–Crippen LogP) is 21.9. The van der Waals surface area contributed by atoms with Crippen molar-refractivity contribution in [1.82, 2.24) is 6.14 Å². The number of nitrogens with two attached hydrogens (primary N) is 1. The average molecular weight is 1090 g/mol. The van der Waals surface area contributed by atoms with Crippen LogP contribution in [0.15, 0.2) is 54.2 Å². The van der Waals surface area contributed by atoms with Crippen molar-refractivity contribution in [2.75, 3.05) is 152 Å². The molecule has 4 aliphatic heterocycles. The van der Waals surface area contributed by atoms with Gasteiger partial charge in [-0.2, -0.15) is 0 Å². The van der Waals surface area contributed by atoms with E-state index in [0.717, 1.165) is 18.5 Å². The van der Waals surface area contributed by atoms with Crippen LogP contribution in [0.4, 0.5) is 0 Å². The number of rotatable bonds is 4. The zero-order valence-electron chi connectivity index (χ0n) is 40.9. The molecule has 0 bridgehead atoms. The topological polar surface area (TPSA) is 209 Å². The molecule has 4 rings (SSSR count). The molecule has 4 heterocycles. The van der Waals surface area contributed by atoms with E-state index in [1.165, 1.54) is 0 Å². The Hall–Kier alpha value is 2.68. The van der Waals surface area contributed by atoms with E-state index < -0.39 is 86.6 Å². The smallest absolute Gasteiger partial charge is 0.137 e. The molecule has 4 aliphatic rings. The van der Waals surface area contributed by atoms with Crippen LogP contribution in [0.3, 0.4) is 0 Å². The maximum absolute atomic E-state index is 7.33. The van der Waals surface area contributed by atoms with Gasteiger partial charge in [0, 0.05) is 6.66 Å². The number of hydrogen-bond acceptors (Lipinski definition) is 14. The quantitative estimate of drug-likeness (QED) is 0.263. The molecular weight excluding hydrogens is 976 g/mol. The highest BCUT2D eigenvalue weighted by Crippen LogP contribution is 2.75. The van der Waals surface area contributed by atoms with Crippen LogP contribution in [0.5, 0.6) is 0 Å². The molecule has 0 aromatic heterocycles. The molecule has 0 radical (unpaired) electrons.